The van der Waals surface area contributed by atoms with Crippen LogP contribution in [0.2, 0.25) is 0 Å². The van der Waals surface area contributed by atoms with Crippen molar-refractivity contribution >= 4 is 52.3 Å². The van der Waals surface area contributed by atoms with Crippen LogP contribution in [-0.2, 0) is 15.9 Å². The molecule has 0 radical (unpaired) electrons. The summed E-state index contributed by atoms with van der Waals surface area (Å²) in [7, 11) is -3.40. The normalized spacial score (nSPS) is 14.9. The predicted octanol–water partition coefficient (Wildman–Crippen LogP) is 3.52. The summed E-state index contributed by atoms with van der Waals surface area (Å²) in [6.45, 7) is 11.2. The number of halogens is 1. The number of hydrogen-bond acceptors (Lipinski definition) is 9. The number of aryl methyl sites for hydroxylation is 1. The van der Waals surface area contributed by atoms with E-state index in [0.717, 1.165) is 27.9 Å². The fourth-order valence-corrected chi connectivity index (χ4v) is 5.59. The van der Waals surface area contributed by atoms with Gasteiger partial charge in [-0.2, -0.15) is 0 Å². The van der Waals surface area contributed by atoms with Crippen LogP contribution in [0.4, 0.5) is 16.0 Å². The van der Waals surface area contributed by atoms with E-state index >= 15 is 4.39 Å². The van der Waals surface area contributed by atoms with Gasteiger partial charge >= 0.3 is 0 Å². The van der Waals surface area contributed by atoms with Gasteiger partial charge in [0, 0.05) is 86.1 Å². The monoisotopic (exact) mass is 609 g/mol. The molecule has 1 unspecified atom stereocenters. The third kappa shape index (κ3) is 6.69. The highest BCUT2D eigenvalue weighted by atomic mass is 31.2. The van der Waals surface area contributed by atoms with Gasteiger partial charge in [0.25, 0.3) is 5.91 Å². The Morgan fingerprint density at radius 2 is 1.88 bits per heavy atom. The summed E-state index contributed by atoms with van der Waals surface area (Å²) in [5.74, 6) is 6.02. The molecule has 1 fully saturated rings. The molecule has 14 heteroatoms. The number of nitrogens with zero attached hydrogens (tertiary/aromatic N) is 7. The van der Waals surface area contributed by atoms with Crippen molar-refractivity contribution in [3.8, 4) is 0 Å². The summed E-state index contributed by atoms with van der Waals surface area (Å²) in [5.41, 5.74) is 6.93. The molecule has 0 saturated carbocycles. The first kappa shape index (κ1) is 31.6. The molecule has 43 heavy (non-hydrogen) atoms. The number of piperazine rings is 1. The van der Waals surface area contributed by atoms with Gasteiger partial charge in [-0.15, -0.1) is 0 Å². The summed E-state index contributed by atoms with van der Waals surface area (Å²) in [6.07, 6.45) is 6.56. The summed E-state index contributed by atoms with van der Waals surface area (Å²) in [4.78, 5) is 40.3. The van der Waals surface area contributed by atoms with Gasteiger partial charge in [-0.3, -0.25) is 14.4 Å². The lowest BCUT2D eigenvalue weighted by molar-refractivity contribution is -0.125. The Kier molecular flexibility index (Phi) is 9.80. The van der Waals surface area contributed by atoms with Crippen molar-refractivity contribution in [1.82, 2.24) is 24.4 Å². The highest BCUT2D eigenvalue weighted by Crippen LogP contribution is 2.38. The fraction of sp³-hybridized carbons (Fsp3) is 0.310. The van der Waals surface area contributed by atoms with Crippen molar-refractivity contribution in [2.24, 2.45) is 11.6 Å². The molecule has 1 aliphatic rings. The topological polar surface area (TPSA) is 160 Å². The molecule has 3 aromatic heterocycles. The lowest BCUT2D eigenvalue weighted by Crippen LogP contribution is -2.49. The minimum atomic E-state index is -3.40. The molecule has 1 aliphatic heterocycles. The van der Waals surface area contributed by atoms with Crippen LogP contribution in [0, 0.1) is 5.82 Å². The summed E-state index contributed by atoms with van der Waals surface area (Å²) >= 11 is 0. The highest BCUT2D eigenvalue weighted by Gasteiger charge is 2.29. The van der Waals surface area contributed by atoms with Gasteiger partial charge in [0.1, 0.15) is 12.1 Å². The number of para-hydroxylation sites is 1. The third-order valence-electron chi connectivity index (χ3n) is 7.05. The SMILES string of the molecule is C=C(C(=O)N1CCN(c2ncnc3ccccc23)CC1)c1cn(CCP(C)(=O)O)c2c(N(N)/C=C\N)ncc(F)c12.CC. The number of hydrogen-bond donors (Lipinski definition) is 3. The molecule has 12 nitrogen and oxygen atoms in total. The maximum absolute atomic E-state index is 15.3. The second-order valence-electron chi connectivity index (χ2n) is 9.89. The number of nitrogens with two attached hydrogens (primary N) is 2. The first-order chi connectivity index (χ1) is 20.6. The van der Waals surface area contributed by atoms with Crippen molar-refractivity contribution in [3.63, 3.8) is 0 Å². The quantitative estimate of drug-likeness (QED) is 0.117. The molecule has 1 saturated heterocycles. The van der Waals surface area contributed by atoms with Crippen molar-refractivity contribution in [1.29, 1.82) is 0 Å². The standard InChI is InChI=1S/C27H31FN9O3P.C2H6/c1-18(27(38)35-11-9-34(10-12-35)25-19-5-3-4-6-22(19)32-17-33-25)20-16-36(13-14-41(2,39)40)24-23(20)21(28)15-31-26(24)37(30)8-7-29;1-2/h3-8,15-17H,1,9-14,29-30H2,2H3,(H,39,40);1-2H3/b8-7-;. The zero-order valence-corrected chi connectivity index (χ0v) is 25.4. The van der Waals surface area contributed by atoms with Gasteiger partial charge in [0.05, 0.1) is 17.2 Å². The number of fused-ring (bicyclic) bond motifs is 2. The van der Waals surface area contributed by atoms with Gasteiger partial charge in [-0.05, 0) is 12.1 Å². The van der Waals surface area contributed by atoms with Gasteiger partial charge in [0.15, 0.2) is 19.0 Å². The molecular formula is C29H37FN9O3P. The van der Waals surface area contributed by atoms with E-state index < -0.39 is 13.2 Å². The van der Waals surface area contributed by atoms with Crippen LogP contribution in [0.3, 0.4) is 0 Å². The minimum Gasteiger partial charge on any atom is -0.403 e. The van der Waals surface area contributed by atoms with Crippen LogP contribution >= 0.6 is 7.37 Å². The van der Waals surface area contributed by atoms with Gasteiger partial charge in [0.2, 0.25) is 0 Å². The average Bonchev–Trinajstić information content (AvgIpc) is 3.40. The lowest BCUT2D eigenvalue weighted by Gasteiger charge is -2.36. The largest absolute Gasteiger partial charge is 0.403 e. The zero-order chi connectivity index (χ0) is 31.3. The highest BCUT2D eigenvalue weighted by molar-refractivity contribution is 7.57. The first-order valence-corrected chi connectivity index (χ1v) is 16.2. The van der Waals surface area contributed by atoms with E-state index in [1.807, 2.05) is 38.1 Å². The summed E-state index contributed by atoms with van der Waals surface area (Å²) in [5, 5.41) is 2.14. The van der Waals surface area contributed by atoms with Crippen LogP contribution in [-0.4, -0.2) is 74.2 Å². The van der Waals surface area contributed by atoms with Crippen LogP contribution in [0.25, 0.3) is 27.4 Å². The Labute approximate surface area is 249 Å². The van der Waals surface area contributed by atoms with Gasteiger partial charge < -0.3 is 25.0 Å². The second kappa shape index (κ2) is 13.3. The Morgan fingerprint density at radius 1 is 1.19 bits per heavy atom. The van der Waals surface area contributed by atoms with E-state index in [9.17, 15) is 14.3 Å². The Morgan fingerprint density at radius 3 is 2.56 bits per heavy atom. The Balaban J connectivity index is 0.00000207. The molecule has 4 heterocycles. The van der Waals surface area contributed by atoms with E-state index in [4.69, 9.17) is 11.6 Å². The predicted molar refractivity (Wildman–Crippen MR) is 169 cm³/mol. The Hall–Kier alpha value is -4.32. The number of aromatic nitrogens is 4. The van der Waals surface area contributed by atoms with Gasteiger partial charge in [-0.25, -0.2) is 25.2 Å². The smallest absolute Gasteiger partial charge is 0.254 e. The average molecular weight is 610 g/mol. The molecule has 0 spiro atoms. The maximum atomic E-state index is 15.3. The lowest BCUT2D eigenvalue weighted by atomic mass is 10.0. The Bertz CT molecular complexity index is 1710. The van der Waals surface area contributed by atoms with E-state index in [2.05, 4.69) is 26.4 Å². The van der Waals surface area contributed by atoms with Crippen molar-refractivity contribution in [2.45, 2.75) is 20.4 Å². The number of anilines is 2. The molecular weight excluding hydrogens is 572 g/mol. The molecule has 5 rings (SSSR count). The van der Waals surface area contributed by atoms with E-state index in [-0.39, 0.29) is 46.5 Å². The van der Waals surface area contributed by atoms with Crippen LogP contribution < -0.4 is 21.5 Å². The van der Waals surface area contributed by atoms with Gasteiger partial charge in [-0.1, -0.05) is 32.6 Å². The number of pyridine rings is 1. The molecule has 0 aliphatic carbocycles. The van der Waals surface area contributed by atoms with Crippen molar-refractivity contribution < 1.29 is 18.6 Å². The van der Waals surface area contributed by atoms with Crippen LogP contribution in [0.5, 0.6) is 0 Å². The maximum Gasteiger partial charge on any atom is 0.254 e. The number of hydrazine groups is 1. The number of carbonyl (C=O) groups is 1. The van der Waals surface area contributed by atoms with Crippen molar-refractivity contribution in [3.05, 3.63) is 73.3 Å². The van der Waals surface area contributed by atoms with Crippen LogP contribution in [0.15, 0.2) is 62.0 Å². The number of amides is 1. The van der Waals surface area contributed by atoms with Crippen LogP contribution in [0.1, 0.15) is 19.4 Å². The number of benzene rings is 1. The zero-order valence-electron chi connectivity index (χ0n) is 24.5. The summed E-state index contributed by atoms with van der Waals surface area (Å²) < 4.78 is 29.0. The summed E-state index contributed by atoms with van der Waals surface area (Å²) in [6, 6.07) is 7.75. The van der Waals surface area contributed by atoms with E-state index in [1.54, 1.807) is 15.7 Å². The molecule has 228 valence electrons. The second-order valence-corrected chi connectivity index (χ2v) is 12.4. The third-order valence-corrected chi connectivity index (χ3v) is 8.08. The molecule has 1 atom stereocenters. The molecule has 1 amide bonds. The molecule has 1 aromatic carbocycles. The molecule has 0 bridgehead atoms. The fourth-order valence-electron chi connectivity index (χ4n) is 5.00. The molecule has 4 aromatic rings. The minimum absolute atomic E-state index is 0.0616. The van der Waals surface area contributed by atoms with E-state index in [0.29, 0.717) is 26.2 Å². The number of rotatable bonds is 8. The van der Waals surface area contributed by atoms with Crippen molar-refractivity contribution in [2.75, 3.05) is 48.9 Å². The molecule has 5 N–H and O–H groups in total. The number of carbonyl (C=O) groups excluding carboxylic acids is 1. The first-order valence-electron chi connectivity index (χ1n) is 13.9. The van der Waals surface area contributed by atoms with E-state index in [1.165, 1.54) is 25.4 Å².